The van der Waals surface area contributed by atoms with Crippen molar-refractivity contribution in [2.45, 2.75) is 25.8 Å². The van der Waals surface area contributed by atoms with Crippen molar-refractivity contribution in [3.8, 4) is 28.6 Å². The Balaban J connectivity index is 0.000000225. The first-order valence-electron chi connectivity index (χ1n) is 9.88. The van der Waals surface area contributed by atoms with Crippen molar-refractivity contribution in [2.24, 2.45) is 0 Å². The fraction of sp³-hybridized carbons (Fsp3) is 0.200. The van der Waals surface area contributed by atoms with Gasteiger partial charge in [0.25, 0.3) is 5.54 Å². The lowest BCUT2D eigenvalue weighted by Gasteiger charge is -2.05. The number of benzene rings is 2. The van der Waals surface area contributed by atoms with Gasteiger partial charge in [-0.1, -0.05) is 70.1 Å². The monoisotopic (exact) mass is 638 g/mol. The van der Waals surface area contributed by atoms with E-state index in [1.165, 1.54) is 22.7 Å². The first kappa shape index (κ1) is 28.2. The zero-order chi connectivity index (χ0) is 25.1. The smallest absolute Gasteiger partial charge is 0.277 e. The average molecular weight is 639 g/mol. The first-order valence-corrected chi connectivity index (χ1v) is 14.6. The Bertz CT molecular complexity index is 1270. The van der Waals surface area contributed by atoms with Crippen LogP contribution in [0.1, 0.15) is 23.9 Å². The third-order valence-electron chi connectivity index (χ3n) is 4.37. The van der Waals surface area contributed by atoms with E-state index in [1.807, 2.05) is 78.1 Å². The minimum absolute atomic E-state index is 0.373. The summed E-state index contributed by atoms with van der Waals surface area (Å²) < 4.78 is 0. The van der Waals surface area contributed by atoms with Gasteiger partial charge in [0.1, 0.15) is 5.01 Å². The predicted octanol–water partition coefficient (Wildman–Crippen LogP) is 9.20. The lowest BCUT2D eigenvalue weighted by Crippen LogP contribution is -2.10. The van der Waals surface area contributed by atoms with Crippen LogP contribution >= 0.6 is 68.5 Å². The highest BCUT2D eigenvalue weighted by molar-refractivity contribution is 14.1. The van der Waals surface area contributed by atoms with Gasteiger partial charge in [-0.15, -0.1) is 22.7 Å². The summed E-state index contributed by atoms with van der Waals surface area (Å²) in [5.74, 6) is 0. The first-order chi connectivity index (χ1) is 16.3. The van der Waals surface area contributed by atoms with E-state index in [0.717, 1.165) is 32.5 Å². The van der Waals surface area contributed by atoms with E-state index in [-0.39, 0.29) is 0 Å². The molecule has 0 aliphatic heterocycles. The second-order valence-electron chi connectivity index (χ2n) is 7.18. The van der Waals surface area contributed by atoms with Crippen molar-refractivity contribution in [2.75, 3.05) is 4.93 Å². The molecule has 174 valence electrons. The summed E-state index contributed by atoms with van der Waals surface area (Å²) in [5, 5.41) is 15.6. The summed E-state index contributed by atoms with van der Waals surface area (Å²) in [7, 11) is 0. The molecule has 0 spiro atoms. The van der Waals surface area contributed by atoms with Crippen LogP contribution in [0.15, 0.2) is 59.3 Å². The molecule has 0 aliphatic carbocycles. The van der Waals surface area contributed by atoms with E-state index in [9.17, 15) is 0 Å². The van der Waals surface area contributed by atoms with E-state index in [0.29, 0.717) is 16.5 Å². The molecular formula is C25H21Cl2IN4S2. The number of hydrogen-bond donors (Lipinski definition) is 0. The molecular weight excluding hydrogens is 618 g/mol. The number of alkyl halides is 1. The van der Waals surface area contributed by atoms with Gasteiger partial charge in [-0.25, -0.2) is 16.5 Å². The molecule has 9 heteroatoms. The van der Waals surface area contributed by atoms with Gasteiger partial charge in [0.15, 0.2) is 5.01 Å². The Hall–Kier alpha value is -2.01. The summed E-state index contributed by atoms with van der Waals surface area (Å²) >= 11 is 16.8. The number of halogens is 3. The van der Waals surface area contributed by atoms with Crippen molar-refractivity contribution < 1.29 is 0 Å². The molecule has 2 aromatic heterocycles. The Morgan fingerprint density at radius 2 is 1.38 bits per heavy atom. The Morgan fingerprint density at radius 1 is 0.912 bits per heavy atom. The SMILES string of the molecule is CI.N#CCc1nc(-c2ccc(Cl)cc2)cs1.[C-]#[N+]C(C)(C)c1nc(-c2ccc(Cl)cc2)cs1. The van der Waals surface area contributed by atoms with Gasteiger partial charge in [0, 0.05) is 45.8 Å². The molecule has 0 bridgehead atoms. The molecule has 34 heavy (non-hydrogen) atoms. The van der Waals surface area contributed by atoms with Crippen molar-refractivity contribution in [3.05, 3.63) is 90.8 Å². The molecule has 0 saturated heterocycles. The van der Waals surface area contributed by atoms with Crippen LogP contribution in [0.5, 0.6) is 0 Å². The van der Waals surface area contributed by atoms with Gasteiger partial charge in [-0.05, 0) is 29.2 Å². The van der Waals surface area contributed by atoms with Gasteiger partial charge >= 0.3 is 0 Å². The number of aromatic nitrogens is 2. The largest absolute Gasteiger partial charge is 0.303 e. The molecule has 0 unspecified atom stereocenters. The summed E-state index contributed by atoms with van der Waals surface area (Å²) in [5.41, 5.74) is 3.31. The fourth-order valence-electron chi connectivity index (χ4n) is 2.57. The Morgan fingerprint density at radius 3 is 1.85 bits per heavy atom. The van der Waals surface area contributed by atoms with Crippen LogP contribution in [0.3, 0.4) is 0 Å². The molecule has 4 rings (SSSR count). The molecule has 0 aliphatic rings. The number of nitriles is 1. The second-order valence-corrected chi connectivity index (χ2v) is 9.86. The summed E-state index contributed by atoms with van der Waals surface area (Å²) in [4.78, 5) is 14.4. The highest BCUT2D eigenvalue weighted by Gasteiger charge is 2.29. The number of thiazole rings is 2. The zero-order valence-electron chi connectivity index (χ0n) is 18.7. The normalized spacial score (nSPS) is 10.1. The zero-order valence-corrected chi connectivity index (χ0v) is 24.0. The molecule has 0 fully saturated rings. The van der Waals surface area contributed by atoms with E-state index < -0.39 is 5.54 Å². The standard InChI is InChI=1S/C13H11ClN2S.C11H7ClN2S.CH3I/c1-13(2,15-3)12-16-11(8-17-12)9-4-6-10(14)7-5-9;12-9-3-1-8(2-4-9)10-7-15-11(14-10)5-6-13;1-2/h4-8H,1-2H3;1-4,7H,5H2;1H3. The van der Waals surface area contributed by atoms with Gasteiger partial charge in [0.05, 0.1) is 23.9 Å². The quantitative estimate of drug-likeness (QED) is 0.127. The topological polar surface area (TPSA) is 53.9 Å². The number of nitrogens with zero attached hydrogens (tertiary/aromatic N) is 4. The van der Waals surface area contributed by atoms with Gasteiger partial charge in [-0.2, -0.15) is 5.26 Å². The molecule has 4 aromatic rings. The second kappa shape index (κ2) is 13.8. The van der Waals surface area contributed by atoms with E-state index in [2.05, 4.69) is 43.5 Å². The lowest BCUT2D eigenvalue weighted by atomic mass is 10.1. The minimum atomic E-state index is -0.546. The van der Waals surface area contributed by atoms with Crippen LogP contribution in [-0.2, 0) is 12.0 Å². The van der Waals surface area contributed by atoms with Crippen LogP contribution in [0, 0.1) is 17.9 Å². The highest BCUT2D eigenvalue weighted by atomic mass is 127. The minimum Gasteiger partial charge on any atom is -0.303 e. The maximum atomic E-state index is 8.54. The van der Waals surface area contributed by atoms with E-state index in [1.54, 1.807) is 0 Å². The summed E-state index contributed by atoms with van der Waals surface area (Å²) in [6.45, 7) is 10.9. The average Bonchev–Trinajstić information content (AvgIpc) is 3.53. The molecule has 0 saturated carbocycles. The molecule has 2 aromatic carbocycles. The predicted molar refractivity (Wildman–Crippen MR) is 154 cm³/mol. The third-order valence-corrected chi connectivity index (χ3v) is 6.88. The van der Waals surface area contributed by atoms with Gasteiger partial charge in [0.2, 0.25) is 0 Å². The summed E-state index contributed by atoms with van der Waals surface area (Å²) in [6, 6.07) is 17.2. The fourth-order valence-corrected chi connectivity index (χ4v) is 4.45. The third kappa shape index (κ3) is 8.04. The molecule has 2 heterocycles. The maximum absolute atomic E-state index is 8.54. The van der Waals surface area contributed by atoms with Crippen molar-refractivity contribution in [3.63, 3.8) is 0 Å². The highest BCUT2D eigenvalue weighted by Crippen LogP contribution is 2.31. The molecule has 0 amide bonds. The van der Waals surface area contributed by atoms with Crippen molar-refractivity contribution in [1.29, 1.82) is 5.26 Å². The van der Waals surface area contributed by atoms with Crippen LogP contribution in [0.25, 0.3) is 27.4 Å². The van der Waals surface area contributed by atoms with Crippen LogP contribution in [-0.4, -0.2) is 14.9 Å². The van der Waals surface area contributed by atoms with Crippen LogP contribution in [0.2, 0.25) is 10.0 Å². The molecule has 4 nitrogen and oxygen atoms in total. The number of rotatable bonds is 4. The molecule has 0 radical (unpaired) electrons. The van der Waals surface area contributed by atoms with E-state index in [4.69, 9.17) is 35.0 Å². The Labute approximate surface area is 232 Å². The van der Waals surface area contributed by atoms with Crippen molar-refractivity contribution >= 4 is 68.5 Å². The molecule has 0 atom stereocenters. The van der Waals surface area contributed by atoms with E-state index >= 15 is 0 Å². The van der Waals surface area contributed by atoms with Crippen LogP contribution in [0.4, 0.5) is 0 Å². The van der Waals surface area contributed by atoms with Gasteiger partial charge in [-0.3, -0.25) is 0 Å². The summed E-state index contributed by atoms with van der Waals surface area (Å²) in [6.07, 6.45) is 0.373. The Kier molecular flexibility index (Phi) is 11.4. The lowest BCUT2D eigenvalue weighted by molar-refractivity contribution is 0.658. The van der Waals surface area contributed by atoms with Gasteiger partial charge < -0.3 is 4.85 Å². The number of hydrogen-bond acceptors (Lipinski definition) is 5. The van der Waals surface area contributed by atoms with Crippen LogP contribution < -0.4 is 0 Å². The molecule has 0 N–H and O–H groups in total. The maximum Gasteiger partial charge on any atom is 0.277 e. The van der Waals surface area contributed by atoms with Crippen molar-refractivity contribution in [1.82, 2.24) is 9.97 Å².